The number of H-pyrrole nitrogens is 1. The molecule has 1 aliphatic heterocycles. The summed E-state index contributed by atoms with van der Waals surface area (Å²) in [6.07, 6.45) is -5.60. The number of anilines is 2. The van der Waals surface area contributed by atoms with Gasteiger partial charge in [0.05, 0.1) is 35.3 Å². The Morgan fingerprint density at radius 2 is 1.81 bits per heavy atom. The molecule has 4 rings (SSSR count). The van der Waals surface area contributed by atoms with Gasteiger partial charge < -0.3 is 9.47 Å². The largest absolute Gasteiger partial charge is 0.486 e. The molecule has 2 aromatic carbocycles. The first-order chi connectivity index (χ1) is 19.8. The van der Waals surface area contributed by atoms with Crippen molar-refractivity contribution >= 4 is 43.4 Å². The number of fused-ring (bicyclic) bond motifs is 1. The van der Waals surface area contributed by atoms with Gasteiger partial charge in [-0.2, -0.15) is 18.3 Å². The molecule has 0 bridgehead atoms. The molecule has 43 heavy (non-hydrogen) atoms. The fourth-order valence-corrected chi connectivity index (χ4v) is 6.39. The molecule has 2 amide bonds. The SMILES string of the molecule is CC(C)(C)OC(=O)Nc1ccc2c(c1)N(S(=O)(=O)c1cccc(C(F)(F)F)c1)CC(CC(=O)NS(=O)(=O)c1cn[nH]c1)O2. The Hall–Kier alpha value is -4.32. The number of hydrogen-bond donors (Lipinski definition) is 3. The lowest BCUT2D eigenvalue weighted by Gasteiger charge is -2.35. The molecule has 1 atom stereocenters. The van der Waals surface area contributed by atoms with Gasteiger partial charge in [-0.15, -0.1) is 0 Å². The van der Waals surface area contributed by atoms with E-state index in [2.05, 4.69) is 15.5 Å². The second kappa shape index (κ2) is 11.4. The van der Waals surface area contributed by atoms with Crippen LogP contribution in [-0.4, -0.2) is 57.3 Å². The molecule has 232 valence electrons. The van der Waals surface area contributed by atoms with Gasteiger partial charge in [-0.3, -0.25) is 19.5 Å². The van der Waals surface area contributed by atoms with Crippen molar-refractivity contribution in [2.24, 2.45) is 0 Å². The van der Waals surface area contributed by atoms with E-state index in [1.54, 1.807) is 20.8 Å². The molecule has 13 nitrogen and oxygen atoms in total. The van der Waals surface area contributed by atoms with E-state index in [0.717, 1.165) is 28.8 Å². The Balaban J connectivity index is 1.68. The molecule has 0 saturated carbocycles. The van der Waals surface area contributed by atoms with E-state index in [-0.39, 0.29) is 22.0 Å². The third-order valence-corrected chi connectivity index (χ3v) is 8.85. The Kier molecular flexibility index (Phi) is 8.38. The number of ether oxygens (including phenoxy) is 2. The number of nitrogens with one attached hydrogen (secondary N) is 3. The quantitative estimate of drug-likeness (QED) is 0.346. The van der Waals surface area contributed by atoms with Crippen LogP contribution in [0, 0.1) is 0 Å². The van der Waals surface area contributed by atoms with Crippen LogP contribution >= 0.6 is 0 Å². The molecule has 18 heteroatoms. The zero-order valence-electron chi connectivity index (χ0n) is 22.8. The lowest BCUT2D eigenvalue weighted by molar-refractivity contribution is -0.137. The second-order valence-electron chi connectivity index (χ2n) is 10.3. The van der Waals surface area contributed by atoms with Crippen LogP contribution in [0.3, 0.4) is 0 Å². The summed E-state index contributed by atoms with van der Waals surface area (Å²) in [5.41, 5.74) is -2.14. The number of halogens is 3. The summed E-state index contributed by atoms with van der Waals surface area (Å²) in [5.74, 6) is -1.15. The van der Waals surface area contributed by atoms with Gasteiger partial charge in [-0.1, -0.05) is 6.07 Å². The minimum absolute atomic E-state index is 0.0724. The average molecular weight is 646 g/mol. The van der Waals surface area contributed by atoms with Crippen molar-refractivity contribution in [1.82, 2.24) is 14.9 Å². The number of sulfonamides is 2. The first kappa shape index (κ1) is 31.6. The van der Waals surface area contributed by atoms with Crippen molar-refractivity contribution in [2.45, 2.75) is 54.9 Å². The van der Waals surface area contributed by atoms with Gasteiger partial charge >= 0.3 is 12.3 Å². The third-order valence-electron chi connectivity index (χ3n) is 5.73. The summed E-state index contributed by atoms with van der Waals surface area (Å²) in [6.45, 7) is 4.30. The average Bonchev–Trinajstić information content (AvgIpc) is 3.43. The predicted molar refractivity (Wildman–Crippen MR) is 145 cm³/mol. The van der Waals surface area contributed by atoms with E-state index in [1.807, 2.05) is 4.72 Å². The molecule has 1 aromatic heterocycles. The van der Waals surface area contributed by atoms with E-state index < -0.39 is 73.4 Å². The maximum atomic E-state index is 13.7. The molecule has 3 aromatic rings. The van der Waals surface area contributed by atoms with Crippen molar-refractivity contribution < 1.29 is 49.1 Å². The topological polar surface area (TPSA) is 177 Å². The Morgan fingerprint density at radius 3 is 2.44 bits per heavy atom. The first-order valence-electron chi connectivity index (χ1n) is 12.4. The Morgan fingerprint density at radius 1 is 1.09 bits per heavy atom. The molecule has 0 aliphatic carbocycles. The number of rotatable bonds is 7. The summed E-state index contributed by atoms with van der Waals surface area (Å²) in [6, 6.07) is 6.93. The first-order valence-corrected chi connectivity index (χ1v) is 15.3. The predicted octanol–water partition coefficient (Wildman–Crippen LogP) is 3.63. The Labute approximate surface area is 244 Å². The van der Waals surface area contributed by atoms with Crippen LogP contribution in [0.4, 0.5) is 29.3 Å². The highest BCUT2D eigenvalue weighted by molar-refractivity contribution is 7.92. The second-order valence-corrected chi connectivity index (χ2v) is 13.8. The summed E-state index contributed by atoms with van der Waals surface area (Å²) >= 11 is 0. The van der Waals surface area contributed by atoms with Crippen LogP contribution in [0.2, 0.25) is 0 Å². The zero-order chi connectivity index (χ0) is 31.8. The van der Waals surface area contributed by atoms with Gasteiger partial charge in [0.2, 0.25) is 5.91 Å². The number of aromatic nitrogens is 2. The molecule has 0 spiro atoms. The van der Waals surface area contributed by atoms with E-state index in [1.165, 1.54) is 18.2 Å². The van der Waals surface area contributed by atoms with Crippen LogP contribution < -0.4 is 19.1 Å². The number of hydrogen-bond acceptors (Lipinski definition) is 9. The van der Waals surface area contributed by atoms with E-state index in [0.29, 0.717) is 12.1 Å². The Bertz CT molecular complexity index is 1740. The summed E-state index contributed by atoms with van der Waals surface area (Å²) < 4.78 is 106. The molecule has 0 radical (unpaired) electrons. The van der Waals surface area contributed by atoms with Crippen molar-refractivity contribution in [3.8, 4) is 5.75 Å². The third kappa shape index (κ3) is 7.56. The number of aromatic amines is 1. The minimum Gasteiger partial charge on any atom is -0.486 e. The molecule has 0 saturated heterocycles. The minimum atomic E-state index is -4.83. The summed E-state index contributed by atoms with van der Waals surface area (Å²) in [7, 11) is -9.03. The van der Waals surface area contributed by atoms with Gasteiger partial charge in [0.25, 0.3) is 20.0 Å². The normalized spacial score (nSPS) is 15.7. The highest BCUT2D eigenvalue weighted by Gasteiger charge is 2.38. The molecular weight excluding hydrogens is 619 g/mol. The van der Waals surface area contributed by atoms with Crippen molar-refractivity contribution in [1.29, 1.82) is 0 Å². The molecule has 2 heterocycles. The van der Waals surface area contributed by atoms with Crippen molar-refractivity contribution in [2.75, 3.05) is 16.2 Å². The summed E-state index contributed by atoms with van der Waals surface area (Å²) in [4.78, 5) is 23.9. The number of carbonyl (C=O) groups is 2. The number of nitrogens with zero attached hydrogens (tertiary/aromatic N) is 2. The number of benzene rings is 2. The van der Waals surface area contributed by atoms with Crippen LogP contribution in [-0.2, 0) is 35.8 Å². The van der Waals surface area contributed by atoms with Gasteiger partial charge in [-0.05, 0) is 57.2 Å². The van der Waals surface area contributed by atoms with Crippen molar-refractivity contribution in [3.05, 3.63) is 60.4 Å². The number of carbonyl (C=O) groups excluding carboxylic acids is 2. The number of alkyl halides is 3. The van der Waals surface area contributed by atoms with Gasteiger partial charge in [-0.25, -0.2) is 26.4 Å². The molecule has 0 fully saturated rings. The lowest BCUT2D eigenvalue weighted by Crippen LogP contribution is -2.46. The molecule has 1 unspecified atom stereocenters. The molecule has 1 aliphatic rings. The maximum absolute atomic E-state index is 13.7. The van der Waals surface area contributed by atoms with Crippen LogP contribution in [0.15, 0.2) is 64.6 Å². The van der Waals surface area contributed by atoms with Crippen molar-refractivity contribution in [3.63, 3.8) is 0 Å². The lowest BCUT2D eigenvalue weighted by atomic mass is 10.1. The van der Waals surface area contributed by atoms with Gasteiger partial charge in [0.1, 0.15) is 22.4 Å². The highest BCUT2D eigenvalue weighted by Crippen LogP contribution is 2.40. The number of amides is 2. The van der Waals surface area contributed by atoms with Gasteiger partial charge in [0.15, 0.2) is 0 Å². The van der Waals surface area contributed by atoms with E-state index in [4.69, 9.17) is 9.47 Å². The van der Waals surface area contributed by atoms with Crippen LogP contribution in [0.5, 0.6) is 5.75 Å². The molecule has 3 N–H and O–H groups in total. The highest BCUT2D eigenvalue weighted by atomic mass is 32.2. The molecular formula is C25H26F3N5O8S2. The smallest absolute Gasteiger partial charge is 0.416 e. The fourth-order valence-electron chi connectivity index (χ4n) is 3.95. The van der Waals surface area contributed by atoms with Crippen LogP contribution in [0.25, 0.3) is 0 Å². The van der Waals surface area contributed by atoms with E-state index in [9.17, 15) is 39.6 Å². The monoisotopic (exact) mass is 645 g/mol. The van der Waals surface area contributed by atoms with E-state index >= 15 is 0 Å². The fraction of sp³-hybridized carbons (Fsp3) is 0.320. The standard InChI is InChI=1S/C25H26F3N5O8S2/c1-24(2,3)41-23(35)31-16-7-8-21-20(10-16)33(43(38,39)18-6-4-5-15(9-18)25(26,27)28)14-17(40-21)11-22(34)32-42(36,37)19-12-29-30-13-19/h4-10,12-13,17H,11,14H2,1-3H3,(H,29,30)(H,31,35)(H,32,34). The summed E-state index contributed by atoms with van der Waals surface area (Å²) in [5, 5.41) is 8.25. The van der Waals surface area contributed by atoms with Gasteiger partial charge in [0, 0.05) is 11.9 Å². The van der Waals surface area contributed by atoms with Crippen LogP contribution in [0.1, 0.15) is 32.8 Å². The zero-order valence-corrected chi connectivity index (χ0v) is 24.4. The maximum Gasteiger partial charge on any atom is 0.416 e.